The third kappa shape index (κ3) is 2.21. The minimum Gasteiger partial charge on any atom is -0.473 e. The zero-order chi connectivity index (χ0) is 10.8. The van der Waals surface area contributed by atoms with Gasteiger partial charge < -0.3 is 15.6 Å². The van der Waals surface area contributed by atoms with Gasteiger partial charge in [-0.25, -0.2) is 9.59 Å². The van der Waals surface area contributed by atoms with E-state index in [0.29, 0.717) is 12.8 Å². The van der Waals surface area contributed by atoms with Crippen molar-refractivity contribution in [3.8, 4) is 0 Å². The monoisotopic (exact) mass is 202 g/mol. The predicted molar refractivity (Wildman–Crippen MR) is 47.1 cm³/mol. The summed E-state index contributed by atoms with van der Waals surface area (Å²) in [5, 5.41) is 8.34. The van der Waals surface area contributed by atoms with Crippen LogP contribution in [0.5, 0.6) is 0 Å². The van der Waals surface area contributed by atoms with Gasteiger partial charge >= 0.3 is 11.9 Å². The van der Waals surface area contributed by atoms with E-state index in [2.05, 4.69) is 4.74 Å². The van der Waals surface area contributed by atoms with E-state index in [1.165, 1.54) is 0 Å². The van der Waals surface area contributed by atoms with Crippen molar-refractivity contribution in [1.29, 1.82) is 0 Å². The largest absolute Gasteiger partial charge is 0.473 e. The summed E-state index contributed by atoms with van der Waals surface area (Å²) in [5.41, 5.74) is 10.1. The van der Waals surface area contributed by atoms with E-state index < -0.39 is 23.7 Å². The molecule has 80 valence electrons. The van der Waals surface area contributed by atoms with Gasteiger partial charge in [-0.2, -0.15) is 0 Å². The number of rotatable bonds is 1. The van der Waals surface area contributed by atoms with Crippen LogP contribution in [0.1, 0.15) is 25.7 Å². The first-order valence-corrected chi connectivity index (χ1v) is 4.46. The number of nitrogens with two attached hydrogens (primary N) is 2. The van der Waals surface area contributed by atoms with Crippen LogP contribution in [0.2, 0.25) is 0 Å². The second kappa shape index (κ2) is 3.93. The van der Waals surface area contributed by atoms with Crippen molar-refractivity contribution < 1.29 is 19.4 Å². The molecule has 0 radical (unpaired) electrons. The van der Waals surface area contributed by atoms with Gasteiger partial charge in [-0.15, -0.1) is 0 Å². The molecule has 2 atom stereocenters. The van der Waals surface area contributed by atoms with E-state index in [1.54, 1.807) is 0 Å². The maximum absolute atomic E-state index is 10.8. The molecule has 1 aliphatic carbocycles. The zero-order valence-corrected chi connectivity index (χ0v) is 7.73. The van der Waals surface area contributed by atoms with Crippen molar-refractivity contribution in [2.75, 3.05) is 0 Å². The molecule has 1 aliphatic rings. The van der Waals surface area contributed by atoms with Gasteiger partial charge in [0.15, 0.2) is 5.72 Å². The van der Waals surface area contributed by atoms with E-state index in [1.807, 2.05) is 0 Å². The van der Waals surface area contributed by atoms with Crippen LogP contribution in [0.15, 0.2) is 0 Å². The van der Waals surface area contributed by atoms with Crippen LogP contribution in [-0.2, 0) is 14.3 Å². The Bertz CT molecular complexity index is 256. The minimum atomic E-state index is -1.65. The molecule has 14 heavy (non-hydrogen) atoms. The summed E-state index contributed by atoms with van der Waals surface area (Å²) in [4.78, 5) is 21.1. The molecule has 6 heteroatoms. The summed E-state index contributed by atoms with van der Waals surface area (Å²) in [5.74, 6) is -2.99. The van der Waals surface area contributed by atoms with Crippen LogP contribution in [0.4, 0.5) is 0 Å². The highest BCUT2D eigenvalue weighted by molar-refractivity contribution is 6.28. The summed E-state index contributed by atoms with van der Waals surface area (Å²) in [6.07, 6.45) is 2.76. The number of aliphatic carboxylic acids is 1. The van der Waals surface area contributed by atoms with Gasteiger partial charge in [-0.3, -0.25) is 5.73 Å². The summed E-state index contributed by atoms with van der Waals surface area (Å²) in [7, 11) is 0. The first-order chi connectivity index (χ1) is 6.46. The smallest absolute Gasteiger partial charge is 0.419 e. The SMILES string of the molecule is N[C@@H]1CCCC[C@]1(N)OC(=O)C(=O)O. The standard InChI is InChI=1S/C8H14N2O4/c9-5-3-1-2-4-8(5,10)14-7(13)6(11)12/h5H,1-4,9-10H2,(H,11,12)/t5-,8+/m1/s1. The van der Waals surface area contributed by atoms with Gasteiger partial charge in [0.2, 0.25) is 0 Å². The molecule has 0 aromatic carbocycles. The van der Waals surface area contributed by atoms with E-state index >= 15 is 0 Å². The number of carbonyl (C=O) groups is 2. The predicted octanol–water partition coefficient (Wildman–Crippen LogP) is -0.829. The maximum Gasteiger partial charge on any atom is 0.419 e. The highest BCUT2D eigenvalue weighted by Crippen LogP contribution is 2.26. The summed E-state index contributed by atoms with van der Waals surface area (Å²) >= 11 is 0. The third-order valence-corrected chi connectivity index (χ3v) is 2.42. The first-order valence-electron chi connectivity index (χ1n) is 4.46. The van der Waals surface area contributed by atoms with Crippen LogP contribution in [0.25, 0.3) is 0 Å². The van der Waals surface area contributed by atoms with Crippen molar-refractivity contribution in [3.05, 3.63) is 0 Å². The topological polar surface area (TPSA) is 116 Å². The molecule has 0 bridgehead atoms. The Morgan fingerprint density at radius 2 is 2.07 bits per heavy atom. The molecule has 1 saturated carbocycles. The van der Waals surface area contributed by atoms with Gasteiger partial charge in [0, 0.05) is 6.42 Å². The van der Waals surface area contributed by atoms with Crippen molar-refractivity contribution in [1.82, 2.24) is 0 Å². The lowest BCUT2D eigenvalue weighted by Crippen LogP contribution is -2.60. The van der Waals surface area contributed by atoms with Crippen LogP contribution < -0.4 is 11.5 Å². The molecular formula is C8H14N2O4. The Morgan fingerprint density at radius 1 is 1.43 bits per heavy atom. The first kappa shape index (κ1) is 10.9. The highest BCUT2D eigenvalue weighted by atomic mass is 16.6. The summed E-state index contributed by atoms with van der Waals surface area (Å²) in [6.45, 7) is 0. The fraction of sp³-hybridized carbons (Fsp3) is 0.750. The van der Waals surface area contributed by atoms with Gasteiger partial charge in [0.25, 0.3) is 0 Å². The van der Waals surface area contributed by atoms with Crippen LogP contribution in [0, 0.1) is 0 Å². The number of carboxylic acids is 1. The summed E-state index contributed by atoms with van der Waals surface area (Å²) in [6, 6.07) is -0.487. The van der Waals surface area contributed by atoms with Crippen LogP contribution >= 0.6 is 0 Å². The average Bonchev–Trinajstić information content (AvgIpc) is 2.10. The van der Waals surface area contributed by atoms with E-state index in [9.17, 15) is 9.59 Å². The molecule has 0 aliphatic heterocycles. The van der Waals surface area contributed by atoms with Crippen molar-refractivity contribution in [3.63, 3.8) is 0 Å². The molecule has 0 spiro atoms. The van der Waals surface area contributed by atoms with Gasteiger partial charge in [0.05, 0.1) is 6.04 Å². The number of carboxylic acid groups (broad SMARTS) is 1. The quantitative estimate of drug-likeness (QED) is 0.290. The van der Waals surface area contributed by atoms with Crippen LogP contribution in [0.3, 0.4) is 0 Å². The fourth-order valence-corrected chi connectivity index (χ4v) is 1.54. The Kier molecular flexibility index (Phi) is 3.07. The van der Waals surface area contributed by atoms with Gasteiger partial charge in [-0.05, 0) is 12.8 Å². The van der Waals surface area contributed by atoms with E-state index in [4.69, 9.17) is 16.6 Å². The number of hydrogen-bond acceptors (Lipinski definition) is 5. The fourth-order valence-electron chi connectivity index (χ4n) is 1.54. The second-order valence-corrected chi connectivity index (χ2v) is 3.50. The molecule has 0 aromatic rings. The molecule has 0 unspecified atom stereocenters. The lowest BCUT2D eigenvalue weighted by molar-refractivity contribution is -0.178. The highest BCUT2D eigenvalue weighted by Gasteiger charge is 2.40. The van der Waals surface area contributed by atoms with Crippen molar-refractivity contribution in [2.45, 2.75) is 37.5 Å². The Hall–Kier alpha value is -1.14. The molecule has 1 rings (SSSR count). The van der Waals surface area contributed by atoms with Crippen molar-refractivity contribution in [2.24, 2.45) is 11.5 Å². The molecule has 6 nitrogen and oxygen atoms in total. The normalized spacial score (nSPS) is 32.3. The Balaban J connectivity index is 2.64. The Morgan fingerprint density at radius 3 is 2.57 bits per heavy atom. The van der Waals surface area contributed by atoms with Gasteiger partial charge in [0.1, 0.15) is 0 Å². The molecular weight excluding hydrogens is 188 g/mol. The average molecular weight is 202 g/mol. The number of esters is 1. The molecule has 0 amide bonds. The second-order valence-electron chi connectivity index (χ2n) is 3.50. The maximum atomic E-state index is 10.8. The Labute approximate surface area is 81.2 Å². The lowest BCUT2D eigenvalue weighted by Gasteiger charge is -2.37. The molecule has 5 N–H and O–H groups in total. The van der Waals surface area contributed by atoms with E-state index in [-0.39, 0.29) is 0 Å². The minimum absolute atomic E-state index is 0.410. The number of carbonyl (C=O) groups excluding carboxylic acids is 1. The van der Waals surface area contributed by atoms with Crippen LogP contribution in [-0.4, -0.2) is 28.8 Å². The zero-order valence-electron chi connectivity index (χ0n) is 7.73. The molecule has 0 aromatic heterocycles. The third-order valence-electron chi connectivity index (χ3n) is 2.42. The van der Waals surface area contributed by atoms with E-state index in [0.717, 1.165) is 12.8 Å². The van der Waals surface area contributed by atoms with Crippen molar-refractivity contribution >= 4 is 11.9 Å². The lowest BCUT2D eigenvalue weighted by atomic mass is 9.88. The number of ether oxygens (including phenoxy) is 1. The summed E-state index contributed by atoms with van der Waals surface area (Å²) < 4.78 is 4.67. The molecule has 0 heterocycles. The molecule has 0 saturated heterocycles. The van der Waals surface area contributed by atoms with Gasteiger partial charge in [-0.1, -0.05) is 6.42 Å². The number of hydrogen-bond donors (Lipinski definition) is 3. The molecule has 1 fully saturated rings.